The Hall–Kier alpha value is -3.03. The molecule has 2 rings (SSSR count). The standard InChI is InChI=1S/C21H29N7O2S/c1-5-28(6-2)10-11-30-16-9-7-8-15(12-16)25-19(29)14(3)24-18-17(13-22)20(31-4)27-21(23)26-18/h7-9,12,14H,5-6,10-11H2,1-4H3,(H,25,29)(H3,23,24,26,27)/t14-/m0/s1. The van der Waals surface area contributed by atoms with Gasteiger partial charge in [0.1, 0.15) is 35.1 Å². The smallest absolute Gasteiger partial charge is 0.246 e. The molecule has 0 aliphatic carbocycles. The fourth-order valence-electron chi connectivity index (χ4n) is 2.83. The molecule has 1 atom stereocenters. The monoisotopic (exact) mass is 443 g/mol. The molecule has 1 amide bonds. The van der Waals surface area contributed by atoms with E-state index in [-0.39, 0.29) is 23.2 Å². The summed E-state index contributed by atoms with van der Waals surface area (Å²) in [5.41, 5.74) is 6.60. The average molecular weight is 444 g/mol. The van der Waals surface area contributed by atoms with E-state index < -0.39 is 6.04 Å². The van der Waals surface area contributed by atoms with Gasteiger partial charge in [0.05, 0.1) is 0 Å². The number of hydrogen-bond donors (Lipinski definition) is 3. The van der Waals surface area contributed by atoms with Crippen molar-refractivity contribution in [2.24, 2.45) is 0 Å². The van der Waals surface area contributed by atoms with E-state index in [0.29, 0.717) is 23.1 Å². The molecule has 0 spiro atoms. The lowest BCUT2D eigenvalue weighted by Gasteiger charge is -2.18. The van der Waals surface area contributed by atoms with Gasteiger partial charge in [-0.05, 0) is 38.4 Å². The molecule has 0 saturated carbocycles. The van der Waals surface area contributed by atoms with Gasteiger partial charge in [-0.15, -0.1) is 11.8 Å². The number of hydrogen-bond acceptors (Lipinski definition) is 9. The third-order valence-corrected chi connectivity index (χ3v) is 5.30. The number of ether oxygens (including phenoxy) is 1. The van der Waals surface area contributed by atoms with E-state index in [1.54, 1.807) is 25.3 Å². The van der Waals surface area contributed by atoms with E-state index in [9.17, 15) is 10.1 Å². The molecule has 0 radical (unpaired) electrons. The molecule has 0 fully saturated rings. The molecule has 0 unspecified atom stereocenters. The maximum Gasteiger partial charge on any atom is 0.246 e. The Morgan fingerprint density at radius 3 is 2.74 bits per heavy atom. The maximum atomic E-state index is 12.7. The van der Waals surface area contributed by atoms with Crippen molar-refractivity contribution in [2.45, 2.75) is 31.8 Å². The summed E-state index contributed by atoms with van der Waals surface area (Å²) in [6.07, 6.45) is 1.79. The molecular weight excluding hydrogens is 414 g/mol. The SMILES string of the molecule is CCN(CC)CCOc1cccc(NC(=O)[C@H](C)Nc2nc(N)nc(SC)c2C#N)c1. The van der Waals surface area contributed by atoms with Gasteiger partial charge in [0.15, 0.2) is 5.82 Å². The van der Waals surface area contributed by atoms with Crippen LogP contribution in [0.4, 0.5) is 17.5 Å². The highest BCUT2D eigenvalue weighted by Crippen LogP contribution is 2.25. The normalized spacial score (nSPS) is 11.6. The molecule has 1 aromatic heterocycles. The summed E-state index contributed by atoms with van der Waals surface area (Å²) >= 11 is 1.29. The lowest BCUT2D eigenvalue weighted by Crippen LogP contribution is -2.32. The number of amides is 1. The first kappa shape index (κ1) is 24.2. The lowest BCUT2D eigenvalue weighted by atomic mass is 10.2. The van der Waals surface area contributed by atoms with E-state index in [1.165, 1.54) is 11.8 Å². The zero-order valence-electron chi connectivity index (χ0n) is 18.3. The van der Waals surface area contributed by atoms with Crippen molar-refractivity contribution in [3.8, 4) is 11.8 Å². The van der Waals surface area contributed by atoms with Gasteiger partial charge in [0, 0.05) is 18.3 Å². The molecule has 2 aromatic rings. The molecule has 0 saturated heterocycles. The second-order valence-electron chi connectivity index (χ2n) is 6.68. The molecule has 9 nitrogen and oxygen atoms in total. The van der Waals surface area contributed by atoms with Crippen molar-refractivity contribution >= 4 is 35.1 Å². The van der Waals surface area contributed by atoms with Crippen LogP contribution in [-0.2, 0) is 4.79 Å². The summed E-state index contributed by atoms with van der Waals surface area (Å²) in [7, 11) is 0. The van der Waals surface area contributed by atoms with Gasteiger partial charge in [-0.3, -0.25) is 4.79 Å². The van der Waals surface area contributed by atoms with Crippen LogP contribution in [0.5, 0.6) is 5.75 Å². The van der Waals surface area contributed by atoms with Crippen LogP contribution in [0.1, 0.15) is 26.3 Å². The molecule has 1 aromatic carbocycles. The summed E-state index contributed by atoms with van der Waals surface area (Å²) in [5.74, 6) is 0.668. The minimum atomic E-state index is -0.664. The number of nitrogens with one attached hydrogen (secondary N) is 2. The second-order valence-corrected chi connectivity index (χ2v) is 7.48. The minimum absolute atomic E-state index is 0.0352. The third-order valence-electron chi connectivity index (χ3n) is 4.62. The highest BCUT2D eigenvalue weighted by Gasteiger charge is 2.19. The van der Waals surface area contributed by atoms with Crippen LogP contribution in [0.15, 0.2) is 29.3 Å². The average Bonchev–Trinajstić information content (AvgIpc) is 2.76. The van der Waals surface area contributed by atoms with Crippen LogP contribution < -0.4 is 21.1 Å². The number of aromatic nitrogens is 2. The number of benzene rings is 1. The van der Waals surface area contributed by atoms with Crippen molar-refractivity contribution in [2.75, 3.05) is 48.9 Å². The third kappa shape index (κ3) is 7.01. The van der Waals surface area contributed by atoms with Gasteiger partial charge in [0.2, 0.25) is 11.9 Å². The summed E-state index contributed by atoms with van der Waals surface area (Å²) in [5, 5.41) is 15.7. The first-order valence-corrected chi connectivity index (χ1v) is 11.3. The number of carbonyl (C=O) groups excluding carboxylic acids is 1. The number of thioether (sulfide) groups is 1. The molecule has 0 aliphatic heterocycles. The van der Waals surface area contributed by atoms with Crippen molar-refractivity contribution in [1.82, 2.24) is 14.9 Å². The van der Waals surface area contributed by atoms with E-state index in [2.05, 4.69) is 45.4 Å². The van der Waals surface area contributed by atoms with Crippen LogP contribution in [0.3, 0.4) is 0 Å². The molecule has 1 heterocycles. The number of carbonyl (C=O) groups is 1. The number of likely N-dealkylation sites (N-methyl/N-ethyl adjacent to an activating group) is 1. The van der Waals surface area contributed by atoms with E-state index in [4.69, 9.17) is 10.5 Å². The molecular formula is C21H29N7O2S. The largest absolute Gasteiger partial charge is 0.492 e. The molecule has 166 valence electrons. The van der Waals surface area contributed by atoms with Gasteiger partial charge >= 0.3 is 0 Å². The Morgan fingerprint density at radius 1 is 1.35 bits per heavy atom. The van der Waals surface area contributed by atoms with Crippen LogP contribution in [0, 0.1) is 11.3 Å². The molecule has 10 heteroatoms. The number of anilines is 3. The number of nitrogen functional groups attached to an aromatic ring is 1. The van der Waals surface area contributed by atoms with Gasteiger partial charge in [-0.1, -0.05) is 19.9 Å². The lowest BCUT2D eigenvalue weighted by molar-refractivity contribution is -0.116. The van der Waals surface area contributed by atoms with Gasteiger partial charge in [-0.25, -0.2) is 4.98 Å². The van der Waals surface area contributed by atoms with E-state index in [1.807, 2.05) is 12.1 Å². The summed E-state index contributed by atoms with van der Waals surface area (Å²) in [4.78, 5) is 23.1. The maximum absolute atomic E-state index is 12.7. The second kappa shape index (κ2) is 12.0. The number of nitrogens with zero attached hydrogens (tertiary/aromatic N) is 4. The van der Waals surface area contributed by atoms with Gasteiger partial charge in [-0.2, -0.15) is 10.2 Å². The number of nitrogens with two attached hydrogens (primary N) is 1. The van der Waals surface area contributed by atoms with Crippen LogP contribution in [-0.4, -0.2) is 59.3 Å². The Balaban J connectivity index is 2.01. The van der Waals surface area contributed by atoms with E-state index >= 15 is 0 Å². The zero-order chi connectivity index (χ0) is 22.8. The first-order chi connectivity index (χ1) is 14.9. The van der Waals surface area contributed by atoms with Crippen LogP contribution in [0.2, 0.25) is 0 Å². The molecule has 0 bridgehead atoms. The predicted molar refractivity (Wildman–Crippen MR) is 124 cm³/mol. The Kier molecular flexibility index (Phi) is 9.37. The summed E-state index contributed by atoms with van der Waals surface area (Å²) in [6.45, 7) is 9.28. The van der Waals surface area contributed by atoms with Gasteiger partial charge in [0.25, 0.3) is 0 Å². The number of rotatable bonds is 11. The Labute approximate surface area is 187 Å². The minimum Gasteiger partial charge on any atom is -0.492 e. The fourth-order valence-corrected chi connectivity index (χ4v) is 3.36. The molecule has 31 heavy (non-hydrogen) atoms. The van der Waals surface area contributed by atoms with Gasteiger partial charge < -0.3 is 26.0 Å². The van der Waals surface area contributed by atoms with Crippen molar-refractivity contribution in [1.29, 1.82) is 5.26 Å². The Bertz CT molecular complexity index is 928. The topological polar surface area (TPSA) is 129 Å². The highest BCUT2D eigenvalue weighted by molar-refractivity contribution is 7.98. The van der Waals surface area contributed by atoms with Crippen molar-refractivity contribution in [3.63, 3.8) is 0 Å². The molecule has 4 N–H and O–H groups in total. The van der Waals surface area contributed by atoms with Crippen molar-refractivity contribution < 1.29 is 9.53 Å². The van der Waals surface area contributed by atoms with Crippen molar-refractivity contribution in [3.05, 3.63) is 29.8 Å². The van der Waals surface area contributed by atoms with E-state index in [0.717, 1.165) is 19.6 Å². The zero-order valence-corrected chi connectivity index (χ0v) is 19.1. The van der Waals surface area contributed by atoms with Crippen LogP contribution >= 0.6 is 11.8 Å². The molecule has 0 aliphatic rings. The highest BCUT2D eigenvalue weighted by atomic mass is 32.2. The quantitative estimate of drug-likeness (QED) is 0.354. The first-order valence-electron chi connectivity index (χ1n) is 10.1. The Morgan fingerprint density at radius 2 is 2.10 bits per heavy atom. The number of nitriles is 1. The van der Waals surface area contributed by atoms with Crippen LogP contribution in [0.25, 0.3) is 0 Å². The summed E-state index contributed by atoms with van der Waals surface area (Å²) in [6, 6.07) is 8.65. The summed E-state index contributed by atoms with van der Waals surface area (Å²) < 4.78 is 5.81. The predicted octanol–water partition coefficient (Wildman–Crippen LogP) is 2.81. The fraction of sp³-hybridized carbons (Fsp3) is 0.429.